The molecule has 1 aromatic heterocycles. The monoisotopic (exact) mass is 414 g/mol. The predicted octanol–water partition coefficient (Wildman–Crippen LogP) is 2.05. The third-order valence-electron chi connectivity index (χ3n) is 4.08. The summed E-state index contributed by atoms with van der Waals surface area (Å²) < 4.78 is 28.9. The van der Waals surface area contributed by atoms with Gasteiger partial charge in [0.2, 0.25) is 5.82 Å². The molecule has 2 aromatic carbocycles. The van der Waals surface area contributed by atoms with Gasteiger partial charge in [0, 0.05) is 18.7 Å². The molecule has 0 radical (unpaired) electrons. The van der Waals surface area contributed by atoms with Crippen molar-refractivity contribution in [2.45, 2.75) is 0 Å². The molecule has 0 spiro atoms. The van der Waals surface area contributed by atoms with E-state index < -0.39 is 11.7 Å². The SMILES string of the molecule is COc1ccc(C(=O)NCCNC(=O)c2nc(-c3ccccc3F)no2)cc1OC. The molecule has 9 nitrogen and oxygen atoms in total. The topological polar surface area (TPSA) is 116 Å². The predicted molar refractivity (Wildman–Crippen MR) is 104 cm³/mol. The molecular weight excluding hydrogens is 395 g/mol. The molecule has 10 heteroatoms. The summed E-state index contributed by atoms with van der Waals surface area (Å²) in [6.07, 6.45) is 0. The highest BCUT2D eigenvalue weighted by Crippen LogP contribution is 2.27. The zero-order valence-electron chi connectivity index (χ0n) is 16.3. The highest BCUT2D eigenvalue weighted by atomic mass is 19.1. The van der Waals surface area contributed by atoms with Crippen LogP contribution in [0.2, 0.25) is 0 Å². The fourth-order valence-corrected chi connectivity index (χ4v) is 2.57. The van der Waals surface area contributed by atoms with Gasteiger partial charge < -0.3 is 24.6 Å². The van der Waals surface area contributed by atoms with E-state index in [2.05, 4.69) is 20.8 Å². The Labute approximate surface area is 171 Å². The number of carbonyl (C=O) groups is 2. The number of methoxy groups -OCH3 is 2. The molecule has 1 heterocycles. The first-order valence-corrected chi connectivity index (χ1v) is 8.90. The van der Waals surface area contributed by atoms with Crippen LogP contribution in [-0.4, -0.2) is 49.3 Å². The Morgan fingerprint density at radius 3 is 2.40 bits per heavy atom. The maximum absolute atomic E-state index is 13.8. The molecule has 0 fully saturated rings. The first kappa shape index (κ1) is 20.8. The summed E-state index contributed by atoms with van der Waals surface area (Å²) in [5.74, 6) is -0.894. The molecule has 0 unspecified atom stereocenters. The van der Waals surface area contributed by atoms with Crippen molar-refractivity contribution in [3.63, 3.8) is 0 Å². The van der Waals surface area contributed by atoms with Crippen LogP contribution >= 0.6 is 0 Å². The van der Waals surface area contributed by atoms with Gasteiger partial charge in [-0.25, -0.2) is 4.39 Å². The van der Waals surface area contributed by atoms with Gasteiger partial charge in [0.15, 0.2) is 11.5 Å². The molecule has 156 valence electrons. The fraction of sp³-hybridized carbons (Fsp3) is 0.200. The number of benzene rings is 2. The molecule has 3 aromatic rings. The molecule has 0 aliphatic rings. The maximum atomic E-state index is 13.8. The summed E-state index contributed by atoms with van der Waals surface area (Å²) in [5.41, 5.74) is 0.507. The second kappa shape index (κ2) is 9.50. The molecule has 2 N–H and O–H groups in total. The highest BCUT2D eigenvalue weighted by molar-refractivity contribution is 5.95. The van der Waals surface area contributed by atoms with Crippen molar-refractivity contribution in [3.8, 4) is 22.9 Å². The van der Waals surface area contributed by atoms with Crippen molar-refractivity contribution in [1.82, 2.24) is 20.8 Å². The summed E-state index contributed by atoms with van der Waals surface area (Å²) in [6.45, 7) is 0.280. The summed E-state index contributed by atoms with van der Waals surface area (Å²) in [5, 5.41) is 8.82. The molecule has 30 heavy (non-hydrogen) atoms. The van der Waals surface area contributed by atoms with Crippen molar-refractivity contribution in [3.05, 3.63) is 59.7 Å². The average molecular weight is 414 g/mol. The summed E-state index contributed by atoms with van der Waals surface area (Å²) >= 11 is 0. The van der Waals surface area contributed by atoms with Crippen LogP contribution in [0.25, 0.3) is 11.4 Å². The van der Waals surface area contributed by atoms with Crippen LogP contribution in [0.5, 0.6) is 11.5 Å². The van der Waals surface area contributed by atoms with Gasteiger partial charge in [-0.15, -0.1) is 0 Å². The lowest BCUT2D eigenvalue weighted by atomic mass is 10.2. The van der Waals surface area contributed by atoms with Gasteiger partial charge >= 0.3 is 11.8 Å². The first-order valence-electron chi connectivity index (χ1n) is 8.90. The number of rotatable bonds is 8. The molecule has 0 saturated heterocycles. The van der Waals surface area contributed by atoms with E-state index >= 15 is 0 Å². The van der Waals surface area contributed by atoms with Gasteiger partial charge in [0.1, 0.15) is 5.82 Å². The van der Waals surface area contributed by atoms with Gasteiger partial charge in [0.25, 0.3) is 5.91 Å². The van der Waals surface area contributed by atoms with E-state index in [0.29, 0.717) is 17.1 Å². The summed E-state index contributed by atoms with van der Waals surface area (Å²) in [7, 11) is 2.98. The number of nitrogens with zero attached hydrogens (tertiary/aromatic N) is 2. The molecule has 0 atom stereocenters. The van der Waals surface area contributed by atoms with Crippen molar-refractivity contribution < 1.29 is 28.0 Å². The Bertz CT molecular complexity index is 1050. The molecule has 0 aliphatic heterocycles. The molecular formula is C20H19FN4O5. The van der Waals surface area contributed by atoms with Crippen LogP contribution in [-0.2, 0) is 0 Å². The largest absolute Gasteiger partial charge is 0.493 e. The summed E-state index contributed by atoms with van der Waals surface area (Å²) in [6, 6.07) is 10.7. The Hall–Kier alpha value is -3.95. The number of hydrogen-bond donors (Lipinski definition) is 2. The number of nitrogens with one attached hydrogen (secondary N) is 2. The zero-order chi connectivity index (χ0) is 21.5. The smallest absolute Gasteiger partial charge is 0.316 e. The number of carbonyl (C=O) groups excluding carboxylic acids is 2. The molecule has 0 saturated carbocycles. The Kier molecular flexibility index (Phi) is 6.58. The third-order valence-corrected chi connectivity index (χ3v) is 4.08. The lowest BCUT2D eigenvalue weighted by molar-refractivity contribution is 0.0898. The normalized spacial score (nSPS) is 10.4. The van der Waals surface area contributed by atoms with E-state index in [0.717, 1.165) is 0 Å². The molecule has 3 rings (SSSR count). The van der Waals surface area contributed by atoms with Crippen LogP contribution in [0, 0.1) is 5.82 Å². The maximum Gasteiger partial charge on any atom is 0.316 e. The second-order valence-corrected chi connectivity index (χ2v) is 5.98. The van der Waals surface area contributed by atoms with Crippen molar-refractivity contribution in [1.29, 1.82) is 0 Å². The molecule has 2 amide bonds. The minimum atomic E-state index is -0.634. The van der Waals surface area contributed by atoms with Crippen molar-refractivity contribution in [2.75, 3.05) is 27.3 Å². The quantitative estimate of drug-likeness (QED) is 0.542. The van der Waals surface area contributed by atoms with Crippen LogP contribution in [0.3, 0.4) is 0 Å². The van der Waals surface area contributed by atoms with E-state index in [1.165, 1.54) is 32.4 Å². The average Bonchev–Trinajstić information content (AvgIpc) is 3.26. The fourth-order valence-electron chi connectivity index (χ4n) is 2.57. The molecule has 0 bridgehead atoms. The van der Waals surface area contributed by atoms with Crippen LogP contribution in [0.1, 0.15) is 21.0 Å². The standard InChI is InChI=1S/C20H19FN4O5/c1-28-15-8-7-12(11-16(15)29-2)18(26)22-9-10-23-19(27)20-24-17(25-30-20)13-5-3-4-6-14(13)21/h3-8,11H,9-10H2,1-2H3,(H,22,26)(H,23,27). The van der Waals surface area contributed by atoms with Crippen LogP contribution in [0.15, 0.2) is 47.0 Å². The number of amides is 2. The van der Waals surface area contributed by atoms with Crippen LogP contribution < -0.4 is 20.1 Å². The third kappa shape index (κ3) is 4.72. The number of ether oxygens (including phenoxy) is 2. The first-order chi connectivity index (χ1) is 14.5. The van der Waals surface area contributed by atoms with Gasteiger partial charge in [0.05, 0.1) is 19.8 Å². The van der Waals surface area contributed by atoms with Gasteiger partial charge in [-0.2, -0.15) is 4.98 Å². The number of hydrogen-bond acceptors (Lipinski definition) is 7. The van der Waals surface area contributed by atoms with E-state index in [1.807, 2.05) is 0 Å². The minimum Gasteiger partial charge on any atom is -0.493 e. The lowest BCUT2D eigenvalue weighted by Gasteiger charge is -2.10. The van der Waals surface area contributed by atoms with E-state index in [-0.39, 0.29) is 36.3 Å². The second-order valence-electron chi connectivity index (χ2n) is 5.98. The Morgan fingerprint density at radius 2 is 1.70 bits per heavy atom. The lowest BCUT2D eigenvalue weighted by Crippen LogP contribution is -2.34. The molecule has 0 aliphatic carbocycles. The van der Waals surface area contributed by atoms with E-state index in [1.54, 1.807) is 24.3 Å². The van der Waals surface area contributed by atoms with Gasteiger partial charge in [-0.1, -0.05) is 17.3 Å². The Morgan fingerprint density at radius 1 is 1.00 bits per heavy atom. The zero-order valence-corrected chi connectivity index (χ0v) is 16.3. The number of aromatic nitrogens is 2. The van der Waals surface area contributed by atoms with Gasteiger partial charge in [-0.3, -0.25) is 9.59 Å². The number of halogens is 1. The van der Waals surface area contributed by atoms with E-state index in [9.17, 15) is 14.0 Å². The van der Waals surface area contributed by atoms with Crippen LogP contribution in [0.4, 0.5) is 4.39 Å². The van der Waals surface area contributed by atoms with Crippen molar-refractivity contribution >= 4 is 11.8 Å². The van der Waals surface area contributed by atoms with Crippen molar-refractivity contribution in [2.24, 2.45) is 0 Å². The summed E-state index contributed by atoms with van der Waals surface area (Å²) in [4.78, 5) is 28.2. The highest BCUT2D eigenvalue weighted by Gasteiger charge is 2.17. The van der Waals surface area contributed by atoms with E-state index in [4.69, 9.17) is 14.0 Å². The van der Waals surface area contributed by atoms with Gasteiger partial charge in [-0.05, 0) is 30.3 Å². The minimum absolute atomic E-state index is 0.0278. The Balaban J connectivity index is 1.51.